The SMILES string of the molecule is COc1ccc(-c2nc(CSc3ccccc3F)cs2)cc1OC. The minimum Gasteiger partial charge on any atom is -0.493 e. The monoisotopic (exact) mass is 361 g/mol. The average Bonchev–Trinajstić information content (AvgIpc) is 3.09. The van der Waals surface area contributed by atoms with Crippen LogP contribution in [-0.2, 0) is 5.75 Å². The van der Waals surface area contributed by atoms with Gasteiger partial charge in [-0.25, -0.2) is 9.37 Å². The van der Waals surface area contributed by atoms with Gasteiger partial charge in [-0.3, -0.25) is 0 Å². The number of nitrogens with zero attached hydrogens (tertiary/aromatic N) is 1. The van der Waals surface area contributed by atoms with Crippen LogP contribution in [0.5, 0.6) is 11.5 Å². The van der Waals surface area contributed by atoms with Crippen LogP contribution in [0.1, 0.15) is 5.69 Å². The van der Waals surface area contributed by atoms with Gasteiger partial charge in [-0.2, -0.15) is 0 Å². The number of halogens is 1. The highest BCUT2D eigenvalue weighted by molar-refractivity contribution is 7.98. The van der Waals surface area contributed by atoms with E-state index in [-0.39, 0.29) is 5.82 Å². The maximum Gasteiger partial charge on any atom is 0.161 e. The average molecular weight is 361 g/mol. The Bertz CT molecular complexity index is 835. The van der Waals surface area contributed by atoms with Crippen molar-refractivity contribution in [3.05, 3.63) is 59.4 Å². The van der Waals surface area contributed by atoms with Crippen molar-refractivity contribution in [3.8, 4) is 22.1 Å². The van der Waals surface area contributed by atoms with Crippen molar-refractivity contribution < 1.29 is 13.9 Å². The lowest BCUT2D eigenvalue weighted by molar-refractivity contribution is 0.355. The molecule has 0 spiro atoms. The van der Waals surface area contributed by atoms with Crippen molar-refractivity contribution in [2.75, 3.05) is 14.2 Å². The van der Waals surface area contributed by atoms with Crippen LogP contribution in [0.4, 0.5) is 4.39 Å². The zero-order valence-electron chi connectivity index (χ0n) is 13.3. The second-order valence-electron chi connectivity index (χ2n) is 4.93. The van der Waals surface area contributed by atoms with Crippen LogP contribution in [0.15, 0.2) is 52.7 Å². The Morgan fingerprint density at radius 2 is 1.88 bits per heavy atom. The van der Waals surface area contributed by atoms with Crippen molar-refractivity contribution in [1.29, 1.82) is 0 Å². The number of methoxy groups -OCH3 is 2. The Kier molecular flexibility index (Phi) is 5.37. The van der Waals surface area contributed by atoms with Crippen LogP contribution in [0.3, 0.4) is 0 Å². The lowest BCUT2D eigenvalue weighted by Crippen LogP contribution is -1.91. The van der Waals surface area contributed by atoms with Crippen LogP contribution in [0.2, 0.25) is 0 Å². The molecule has 0 aliphatic heterocycles. The Morgan fingerprint density at radius 1 is 1.08 bits per heavy atom. The number of thioether (sulfide) groups is 1. The van der Waals surface area contributed by atoms with Gasteiger partial charge < -0.3 is 9.47 Å². The molecule has 0 N–H and O–H groups in total. The van der Waals surface area contributed by atoms with Crippen molar-refractivity contribution >= 4 is 23.1 Å². The minimum atomic E-state index is -0.196. The third-order valence-electron chi connectivity index (χ3n) is 3.39. The molecule has 3 rings (SSSR count). The number of ether oxygens (including phenoxy) is 2. The van der Waals surface area contributed by atoms with E-state index >= 15 is 0 Å². The quantitative estimate of drug-likeness (QED) is 0.561. The molecule has 2 aromatic carbocycles. The van der Waals surface area contributed by atoms with Gasteiger partial charge in [0.05, 0.1) is 19.9 Å². The van der Waals surface area contributed by atoms with Crippen LogP contribution in [0.25, 0.3) is 10.6 Å². The van der Waals surface area contributed by atoms with E-state index < -0.39 is 0 Å². The molecular weight excluding hydrogens is 345 g/mol. The summed E-state index contributed by atoms with van der Waals surface area (Å²) in [5.74, 6) is 1.79. The molecule has 124 valence electrons. The molecule has 0 aliphatic carbocycles. The smallest absolute Gasteiger partial charge is 0.161 e. The fourth-order valence-electron chi connectivity index (χ4n) is 2.19. The predicted molar refractivity (Wildman–Crippen MR) is 96.6 cm³/mol. The van der Waals surface area contributed by atoms with E-state index in [1.807, 2.05) is 29.6 Å². The van der Waals surface area contributed by atoms with Crippen molar-refractivity contribution in [2.24, 2.45) is 0 Å². The van der Waals surface area contributed by atoms with Crippen LogP contribution < -0.4 is 9.47 Å². The van der Waals surface area contributed by atoms with Crippen LogP contribution in [-0.4, -0.2) is 19.2 Å². The van der Waals surface area contributed by atoms with E-state index in [2.05, 4.69) is 4.98 Å². The van der Waals surface area contributed by atoms with E-state index in [1.165, 1.54) is 17.8 Å². The van der Waals surface area contributed by atoms with E-state index in [1.54, 1.807) is 37.7 Å². The van der Waals surface area contributed by atoms with Crippen LogP contribution in [0, 0.1) is 5.82 Å². The first-order chi connectivity index (χ1) is 11.7. The molecule has 3 aromatic rings. The fourth-order valence-corrected chi connectivity index (χ4v) is 3.94. The number of rotatable bonds is 6. The zero-order chi connectivity index (χ0) is 16.9. The number of hydrogen-bond acceptors (Lipinski definition) is 5. The van der Waals surface area contributed by atoms with Crippen molar-refractivity contribution in [1.82, 2.24) is 4.98 Å². The van der Waals surface area contributed by atoms with E-state index in [0.717, 1.165) is 16.3 Å². The molecule has 0 radical (unpaired) electrons. The second kappa shape index (κ2) is 7.68. The first-order valence-electron chi connectivity index (χ1n) is 7.25. The molecule has 24 heavy (non-hydrogen) atoms. The zero-order valence-corrected chi connectivity index (χ0v) is 14.9. The van der Waals surface area contributed by atoms with Gasteiger partial charge in [0, 0.05) is 21.6 Å². The lowest BCUT2D eigenvalue weighted by Gasteiger charge is -2.08. The summed E-state index contributed by atoms with van der Waals surface area (Å²) in [6.45, 7) is 0. The molecule has 3 nitrogen and oxygen atoms in total. The maximum atomic E-state index is 13.7. The van der Waals surface area contributed by atoms with Gasteiger partial charge >= 0.3 is 0 Å². The van der Waals surface area contributed by atoms with Crippen molar-refractivity contribution in [3.63, 3.8) is 0 Å². The summed E-state index contributed by atoms with van der Waals surface area (Å²) in [5, 5.41) is 2.90. The third-order valence-corrected chi connectivity index (χ3v) is 5.42. The van der Waals surface area contributed by atoms with Crippen molar-refractivity contribution in [2.45, 2.75) is 10.6 Å². The number of benzene rings is 2. The molecule has 0 fully saturated rings. The molecule has 0 bridgehead atoms. The first kappa shape index (κ1) is 16.8. The molecule has 0 saturated heterocycles. The van der Waals surface area contributed by atoms with E-state index in [0.29, 0.717) is 22.1 Å². The van der Waals surface area contributed by atoms with Gasteiger partial charge in [-0.15, -0.1) is 23.1 Å². The van der Waals surface area contributed by atoms with E-state index in [4.69, 9.17) is 9.47 Å². The molecule has 0 saturated carbocycles. The van der Waals surface area contributed by atoms with E-state index in [9.17, 15) is 4.39 Å². The van der Waals surface area contributed by atoms with Gasteiger partial charge in [0.15, 0.2) is 11.5 Å². The Morgan fingerprint density at radius 3 is 2.62 bits per heavy atom. The molecule has 6 heteroatoms. The lowest BCUT2D eigenvalue weighted by atomic mass is 10.2. The third kappa shape index (κ3) is 3.71. The molecular formula is C18H16FNO2S2. The molecule has 0 aliphatic rings. The normalized spacial score (nSPS) is 10.6. The number of aromatic nitrogens is 1. The highest BCUT2D eigenvalue weighted by Gasteiger charge is 2.10. The Balaban J connectivity index is 1.75. The van der Waals surface area contributed by atoms with Crippen LogP contribution >= 0.6 is 23.1 Å². The number of hydrogen-bond donors (Lipinski definition) is 0. The molecule has 0 unspecified atom stereocenters. The standard InChI is InChI=1S/C18H16FNO2S2/c1-21-15-8-7-12(9-16(15)22-2)18-20-13(11-24-18)10-23-17-6-4-3-5-14(17)19/h3-9,11H,10H2,1-2H3. The van der Waals surface area contributed by atoms with Gasteiger partial charge in [-0.05, 0) is 30.3 Å². The second-order valence-corrected chi connectivity index (χ2v) is 6.81. The summed E-state index contributed by atoms with van der Waals surface area (Å²) in [7, 11) is 3.22. The molecule has 1 heterocycles. The highest BCUT2D eigenvalue weighted by Crippen LogP contribution is 2.34. The predicted octanol–water partition coefficient (Wildman–Crippen LogP) is 5.26. The minimum absolute atomic E-state index is 0.196. The Labute approximate surface area is 148 Å². The summed E-state index contributed by atoms with van der Waals surface area (Å²) in [5.41, 5.74) is 1.90. The number of thiazole rings is 1. The largest absolute Gasteiger partial charge is 0.493 e. The fraction of sp³-hybridized carbons (Fsp3) is 0.167. The summed E-state index contributed by atoms with van der Waals surface area (Å²) < 4.78 is 24.2. The van der Waals surface area contributed by atoms with Gasteiger partial charge in [0.2, 0.25) is 0 Å². The summed E-state index contributed by atoms with van der Waals surface area (Å²) in [6, 6.07) is 12.5. The summed E-state index contributed by atoms with van der Waals surface area (Å²) in [4.78, 5) is 5.27. The Hall–Kier alpha value is -2.05. The highest BCUT2D eigenvalue weighted by atomic mass is 32.2. The summed E-state index contributed by atoms with van der Waals surface area (Å²) >= 11 is 3.01. The topological polar surface area (TPSA) is 31.4 Å². The maximum absolute atomic E-state index is 13.7. The summed E-state index contributed by atoms with van der Waals surface area (Å²) in [6.07, 6.45) is 0. The van der Waals surface area contributed by atoms with Gasteiger partial charge in [0.25, 0.3) is 0 Å². The molecule has 0 atom stereocenters. The first-order valence-corrected chi connectivity index (χ1v) is 9.12. The van der Waals surface area contributed by atoms with Gasteiger partial charge in [-0.1, -0.05) is 12.1 Å². The van der Waals surface area contributed by atoms with Gasteiger partial charge in [0.1, 0.15) is 10.8 Å². The molecule has 0 amide bonds. The molecule has 1 aromatic heterocycles.